The van der Waals surface area contributed by atoms with Crippen LogP contribution in [-0.4, -0.2) is 80.1 Å². The molecule has 0 bridgehead atoms. The third kappa shape index (κ3) is 11.0. The summed E-state index contributed by atoms with van der Waals surface area (Å²) >= 11 is 0. The molecule has 4 N–H and O–H groups in total. The smallest absolute Gasteiger partial charge is 0.220 e. The lowest BCUT2D eigenvalue weighted by Gasteiger charge is -2.32. The van der Waals surface area contributed by atoms with E-state index in [4.69, 9.17) is 10.7 Å². The van der Waals surface area contributed by atoms with Crippen molar-refractivity contribution in [1.82, 2.24) is 20.4 Å². The minimum Gasteiger partial charge on any atom is -0.369 e. The van der Waals surface area contributed by atoms with Gasteiger partial charge in [0.1, 0.15) is 0 Å². The summed E-state index contributed by atoms with van der Waals surface area (Å²) in [7, 11) is 0. The summed E-state index contributed by atoms with van der Waals surface area (Å²) in [6.07, 6.45) is 9.51. The Morgan fingerprint density at radius 3 is 2.25 bits per heavy atom. The normalized spacial score (nSPS) is 20.4. The molecule has 2 saturated heterocycles. The van der Waals surface area contributed by atoms with Crippen LogP contribution in [0.3, 0.4) is 0 Å². The Labute approximate surface area is 213 Å². The van der Waals surface area contributed by atoms with Crippen LogP contribution in [0.4, 0.5) is 0 Å². The SMILES string of the molecule is CCNC(=NCC(C(C)C)N1CCCCCC1)NCCCCN1CCC(C(N)=O)CC1.I. The van der Waals surface area contributed by atoms with E-state index in [9.17, 15) is 4.79 Å². The minimum absolute atomic E-state index is 0. The Morgan fingerprint density at radius 2 is 1.69 bits per heavy atom. The maximum absolute atomic E-state index is 11.3. The highest BCUT2D eigenvalue weighted by Crippen LogP contribution is 2.18. The van der Waals surface area contributed by atoms with E-state index < -0.39 is 0 Å². The molecule has 2 heterocycles. The number of halogens is 1. The van der Waals surface area contributed by atoms with E-state index in [0.29, 0.717) is 12.0 Å². The van der Waals surface area contributed by atoms with Gasteiger partial charge in [0.2, 0.25) is 5.91 Å². The van der Waals surface area contributed by atoms with Crippen molar-refractivity contribution in [2.24, 2.45) is 22.6 Å². The zero-order chi connectivity index (χ0) is 22.5. The fraction of sp³-hybridized carbons (Fsp3) is 0.917. The minimum atomic E-state index is -0.130. The topological polar surface area (TPSA) is 86.0 Å². The second kappa shape index (κ2) is 16.9. The van der Waals surface area contributed by atoms with Crippen molar-refractivity contribution in [3.05, 3.63) is 0 Å². The fourth-order valence-electron chi connectivity index (χ4n) is 4.81. The molecule has 0 aromatic heterocycles. The highest BCUT2D eigenvalue weighted by molar-refractivity contribution is 14.0. The lowest BCUT2D eigenvalue weighted by Crippen LogP contribution is -2.44. The van der Waals surface area contributed by atoms with Gasteiger partial charge in [0.25, 0.3) is 0 Å². The van der Waals surface area contributed by atoms with Crippen molar-refractivity contribution in [3.63, 3.8) is 0 Å². The average Bonchev–Trinajstić information content (AvgIpc) is 3.03. The molecule has 0 spiro atoms. The van der Waals surface area contributed by atoms with Gasteiger partial charge in [-0.15, -0.1) is 24.0 Å². The third-order valence-electron chi connectivity index (χ3n) is 6.84. The van der Waals surface area contributed by atoms with Crippen LogP contribution in [0.1, 0.15) is 72.1 Å². The first kappa shape index (κ1) is 29.4. The first-order valence-electron chi connectivity index (χ1n) is 12.8. The zero-order valence-electron chi connectivity index (χ0n) is 20.8. The van der Waals surface area contributed by atoms with Gasteiger partial charge in [0.15, 0.2) is 5.96 Å². The summed E-state index contributed by atoms with van der Waals surface area (Å²) in [5, 5.41) is 6.94. The lowest BCUT2D eigenvalue weighted by atomic mass is 9.96. The van der Waals surface area contributed by atoms with Gasteiger partial charge in [-0.05, 0) is 84.1 Å². The van der Waals surface area contributed by atoms with E-state index in [2.05, 4.69) is 41.2 Å². The number of aliphatic imine (C=N–C) groups is 1. The van der Waals surface area contributed by atoms with E-state index in [1.54, 1.807) is 0 Å². The van der Waals surface area contributed by atoms with Gasteiger partial charge < -0.3 is 21.3 Å². The summed E-state index contributed by atoms with van der Waals surface area (Å²) in [6.45, 7) is 15.0. The first-order chi connectivity index (χ1) is 15.0. The number of nitrogens with zero attached hydrogens (tertiary/aromatic N) is 3. The number of carbonyl (C=O) groups is 1. The number of likely N-dealkylation sites (tertiary alicyclic amines) is 2. The van der Waals surface area contributed by atoms with Gasteiger partial charge in [0, 0.05) is 25.0 Å². The quantitative estimate of drug-likeness (QED) is 0.156. The molecule has 188 valence electrons. The second-order valence-corrected chi connectivity index (χ2v) is 9.63. The maximum Gasteiger partial charge on any atom is 0.220 e. The van der Waals surface area contributed by atoms with Crippen LogP contribution in [-0.2, 0) is 4.79 Å². The molecule has 0 aromatic rings. The number of unbranched alkanes of at least 4 members (excludes halogenated alkanes) is 1. The molecule has 32 heavy (non-hydrogen) atoms. The Balaban J connectivity index is 0.00000512. The highest BCUT2D eigenvalue weighted by Gasteiger charge is 2.23. The predicted molar refractivity (Wildman–Crippen MR) is 146 cm³/mol. The average molecular weight is 565 g/mol. The number of hydrogen-bond donors (Lipinski definition) is 3. The molecule has 1 amide bonds. The Bertz CT molecular complexity index is 529. The summed E-state index contributed by atoms with van der Waals surface area (Å²) in [6, 6.07) is 0.525. The number of rotatable bonds is 11. The Kier molecular flexibility index (Phi) is 15.6. The van der Waals surface area contributed by atoms with E-state index >= 15 is 0 Å². The molecule has 0 saturated carbocycles. The van der Waals surface area contributed by atoms with E-state index in [0.717, 1.165) is 70.9 Å². The molecule has 1 unspecified atom stereocenters. The standard InChI is InChI=1S/C24H48N6O.HI/c1-4-26-24(28-19-22(20(2)3)30-15-8-5-6-9-16-30)27-13-7-10-14-29-17-11-21(12-18-29)23(25)31;/h20-22H,4-19H2,1-3H3,(H2,25,31)(H2,26,27,28);1H. The van der Waals surface area contributed by atoms with Crippen LogP contribution in [0.5, 0.6) is 0 Å². The number of guanidine groups is 1. The first-order valence-corrected chi connectivity index (χ1v) is 12.8. The van der Waals surface area contributed by atoms with Crippen LogP contribution in [0, 0.1) is 11.8 Å². The van der Waals surface area contributed by atoms with Crippen LogP contribution in [0.25, 0.3) is 0 Å². The number of amides is 1. The molecule has 1 atom stereocenters. The number of nitrogens with two attached hydrogens (primary N) is 1. The lowest BCUT2D eigenvalue weighted by molar-refractivity contribution is -0.123. The van der Waals surface area contributed by atoms with Gasteiger partial charge in [-0.3, -0.25) is 14.7 Å². The van der Waals surface area contributed by atoms with Gasteiger partial charge in [-0.2, -0.15) is 0 Å². The summed E-state index contributed by atoms with van der Waals surface area (Å²) in [5.41, 5.74) is 5.43. The van der Waals surface area contributed by atoms with Gasteiger partial charge in [-0.25, -0.2) is 0 Å². The number of nitrogens with one attached hydrogen (secondary N) is 2. The molecule has 8 heteroatoms. The molecule has 2 fully saturated rings. The van der Waals surface area contributed by atoms with Crippen molar-refractivity contribution < 1.29 is 4.79 Å². The molecule has 0 aromatic carbocycles. The van der Waals surface area contributed by atoms with Gasteiger partial charge in [0.05, 0.1) is 6.54 Å². The number of piperidine rings is 1. The molecule has 0 radical (unpaired) electrons. The number of primary amides is 1. The maximum atomic E-state index is 11.3. The van der Waals surface area contributed by atoms with Crippen LogP contribution >= 0.6 is 24.0 Å². The third-order valence-corrected chi connectivity index (χ3v) is 6.84. The fourth-order valence-corrected chi connectivity index (χ4v) is 4.81. The van der Waals surface area contributed by atoms with Crippen molar-refractivity contribution >= 4 is 35.8 Å². The van der Waals surface area contributed by atoms with Crippen molar-refractivity contribution in [1.29, 1.82) is 0 Å². The van der Waals surface area contributed by atoms with Crippen LogP contribution in [0.2, 0.25) is 0 Å². The Morgan fingerprint density at radius 1 is 1.03 bits per heavy atom. The van der Waals surface area contributed by atoms with E-state index in [1.807, 2.05) is 0 Å². The van der Waals surface area contributed by atoms with Crippen LogP contribution in [0.15, 0.2) is 4.99 Å². The van der Waals surface area contributed by atoms with Gasteiger partial charge in [-0.1, -0.05) is 26.7 Å². The Hall–Kier alpha value is -0.610. The highest BCUT2D eigenvalue weighted by atomic mass is 127. The molecular formula is C24H49IN6O. The van der Waals surface area contributed by atoms with E-state index in [-0.39, 0.29) is 35.8 Å². The van der Waals surface area contributed by atoms with Crippen molar-refractivity contribution in [2.75, 3.05) is 52.4 Å². The van der Waals surface area contributed by atoms with E-state index in [1.165, 1.54) is 38.8 Å². The second-order valence-electron chi connectivity index (χ2n) is 9.63. The molecule has 7 nitrogen and oxygen atoms in total. The molecule has 2 aliphatic rings. The van der Waals surface area contributed by atoms with Crippen molar-refractivity contribution in [3.8, 4) is 0 Å². The summed E-state index contributed by atoms with van der Waals surface area (Å²) in [4.78, 5) is 21.4. The monoisotopic (exact) mass is 564 g/mol. The molecule has 0 aliphatic carbocycles. The summed E-state index contributed by atoms with van der Waals surface area (Å²) in [5.74, 6) is 1.52. The van der Waals surface area contributed by atoms with Crippen molar-refractivity contribution in [2.45, 2.75) is 78.2 Å². The number of hydrogen-bond acceptors (Lipinski definition) is 4. The molecular weight excluding hydrogens is 515 g/mol. The predicted octanol–water partition coefficient (Wildman–Crippen LogP) is 3.04. The summed E-state index contributed by atoms with van der Waals surface area (Å²) < 4.78 is 0. The van der Waals surface area contributed by atoms with Gasteiger partial charge >= 0.3 is 0 Å². The molecule has 2 rings (SSSR count). The number of carbonyl (C=O) groups excluding carboxylic acids is 1. The zero-order valence-corrected chi connectivity index (χ0v) is 23.1. The largest absolute Gasteiger partial charge is 0.369 e. The van der Waals surface area contributed by atoms with Crippen LogP contribution < -0.4 is 16.4 Å². The molecule has 2 aliphatic heterocycles.